The Balaban J connectivity index is 2.00. The van der Waals surface area contributed by atoms with Crippen LogP contribution in [0.5, 0.6) is 0 Å². The quantitative estimate of drug-likeness (QED) is 0.745. The van der Waals surface area contributed by atoms with Crippen LogP contribution in [0.25, 0.3) is 10.9 Å². The number of H-pyrrole nitrogens is 1. The maximum Gasteiger partial charge on any atom is 0.280 e. The van der Waals surface area contributed by atoms with Gasteiger partial charge in [0, 0.05) is 11.1 Å². The fraction of sp³-hybridized carbons (Fsp3) is 0. The largest absolute Gasteiger partial charge is 0.320 e. The van der Waals surface area contributed by atoms with E-state index in [0.29, 0.717) is 16.6 Å². The van der Waals surface area contributed by atoms with Gasteiger partial charge in [0.25, 0.3) is 5.91 Å². The van der Waals surface area contributed by atoms with Gasteiger partial charge in [0.1, 0.15) is 0 Å². The Morgan fingerprint density at radius 2 is 1.70 bits per heavy atom. The third-order valence-electron chi connectivity index (χ3n) is 2.92. The van der Waals surface area contributed by atoms with Crippen LogP contribution in [0.15, 0.2) is 59.4 Å². The summed E-state index contributed by atoms with van der Waals surface area (Å²) in [7, 11) is 0. The van der Waals surface area contributed by atoms with Crippen LogP contribution in [0.1, 0.15) is 10.5 Å². The normalized spacial score (nSPS) is 10.4. The van der Waals surface area contributed by atoms with Gasteiger partial charge >= 0.3 is 0 Å². The average Bonchev–Trinajstić information content (AvgIpc) is 2.49. The van der Waals surface area contributed by atoms with E-state index in [1.54, 1.807) is 48.5 Å². The number of carbonyl (C=O) groups is 1. The number of fused-ring (bicyclic) bond motifs is 1. The first-order chi connectivity index (χ1) is 9.75. The van der Waals surface area contributed by atoms with Crippen molar-refractivity contribution in [1.29, 1.82) is 0 Å². The molecule has 0 saturated heterocycles. The van der Waals surface area contributed by atoms with E-state index >= 15 is 0 Å². The van der Waals surface area contributed by atoms with Gasteiger partial charge in [0.15, 0.2) is 5.69 Å². The van der Waals surface area contributed by atoms with Crippen LogP contribution < -0.4 is 10.7 Å². The zero-order chi connectivity index (χ0) is 13.9. The molecule has 0 saturated carbocycles. The monoisotopic (exact) mass is 265 g/mol. The predicted molar refractivity (Wildman–Crippen MR) is 76.8 cm³/mol. The molecule has 0 aliphatic carbocycles. The van der Waals surface area contributed by atoms with Crippen LogP contribution in [0.2, 0.25) is 0 Å². The van der Waals surface area contributed by atoms with E-state index in [0.717, 1.165) is 0 Å². The number of hydrogen-bond acceptors (Lipinski definition) is 3. The summed E-state index contributed by atoms with van der Waals surface area (Å²) in [5.74, 6) is -0.525. The molecule has 3 aromatic rings. The van der Waals surface area contributed by atoms with Gasteiger partial charge in [-0.1, -0.05) is 30.3 Å². The number of amides is 1. The minimum absolute atomic E-state index is 0.146. The molecule has 20 heavy (non-hydrogen) atoms. The van der Waals surface area contributed by atoms with Gasteiger partial charge in [0.05, 0.1) is 5.52 Å². The third-order valence-corrected chi connectivity index (χ3v) is 2.92. The number of aromatic amines is 1. The van der Waals surface area contributed by atoms with E-state index in [1.807, 2.05) is 6.07 Å². The fourth-order valence-corrected chi connectivity index (χ4v) is 1.94. The highest BCUT2D eigenvalue weighted by molar-refractivity contribution is 6.04. The van der Waals surface area contributed by atoms with E-state index in [1.165, 1.54) is 0 Å². The van der Waals surface area contributed by atoms with Crippen LogP contribution >= 0.6 is 0 Å². The summed E-state index contributed by atoms with van der Waals surface area (Å²) < 4.78 is 0. The lowest BCUT2D eigenvalue weighted by Crippen LogP contribution is -2.24. The van der Waals surface area contributed by atoms with E-state index in [9.17, 15) is 9.59 Å². The zero-order valence-electron chi connectivity index (χ0n) is 10.5. The van der Waals surface area contributed by atoms with Crippen molar-refractivity contribution in [3.63, 3.8) is 0 Å². The Morgan fingerprint density at radius 3 is 2.50 bits per heavy atom. The van der Waals surface area contributed by atoms with Crippen LogP contribution in [0, 0.1) is 0 Å². The second-order valence-electron chi connectivity index (χ2n) is 4.27. The summed E-state index contributed by atoms with van der Waals surface area (Å²) in [6, 6.07) is 15.9. The van der Waals surface area contributed by atoms with Crippen molar-refractivity contribution < 1.29 is 4.79 Å². The molecule has 3 rings (SSSR count). The maximum absolute atomic E-state index is 12.2. The van der Waals surface area contributed by atoms with Crippen molar-refractivity contribution in [3.8, 4) is 0 Å². The van der Waals surface area contributed by atoms with Crippen molar-refractivity contribution in [1.82, 2.24) is 10.2 Å². The zero-order valence-corrected chi connectivity index (χ0v) is 10.5. The molecule has 0 radical (unpaired) electrons. The summed E-state index contributed by atoms with van der Waals surface area (Å²) >= 11 is 0. The highest BCUT2D eigenvalue weighted by Crippen LogP contribution is 2.08. The number of anilines is 1. The predicted octanol–water partition coefficient (Wildman–Crippen LogP) is 2.18. The number of nitrogens with zero attached hydrogens (tertiary/aromatic N) is 1. The van der Waals surface area contributed by atoms with Crippen molar-refractivity contribution >= 4 is 22.5 Å². The second kappa shape index (κ2) is 4.97. The van der Waals surface area contributed by atoms with Gasteiger partial charge in [-0.15, -0.1) is 0 Å². The molecule has 98 valence electrons. The summed E-state index contributed by atoms with van der Waals surface area (Å²) in [6.07, 6.45) is 0. The first kappa shape index (κ1) is 12.1. The number of para-hydroxylation sites is 2. The Morgan fingerprint density at radius 1 is 1.00 bits per heavy atom. The molecule has 2 N–H and O–H groups in total. The van der Waals surface area contributed by atoms with E-state index < -0.39 is 5.91 Å². The number of hydrogen-bond donors (Lipinski definition) is 2. The van der Waals surface area contributed by atoms with E-state index in [-0.39, 0.29) is 11.1 Å². The van der Waals surface area contributed by atoms with Crippen molar-refractivity contribution in [2.45, 2.75) is 0 Å². The van der Waals surface area contributed by atoms with Crippen LogP contribution in [0.3, 0.4) is 0 Å². The topological polar surface area (TPSA) is 74.8 Å². The number of aromatic nitrogens is 2. The molecule has 5 nitrogen and oxygen atoms in total. The molecule has 0 aliphatic rings. The number of benzene rings is 2. The highest BCUT2D eigenvalue weighted by Gasteiger charge is 2.14. The molecular weight excluding hydrogens is 254 g/mol. The minimum Gasteiger partial charge on any atom is -0.320 e. The molecule has 1 amide bonds. The Bertz CT molecular complexity index is 825. The molecule has 0 atom stereocenters. The molecule has 0 fully saturated rings. The number of carbonyl (C=O) groups excluding carboxylic acids is 1. The molecule has 0 bridgehead atoms. The van der Waals surface area contributed by atoms with Crippen LogP contribution in [-0.2, 0) is 0 Å². The van der Waals surface area contributed by atoms with Gasteiger partial charge in [-0.3, -0.25) is 14.7 Å². The molecule has 1 heterocycles. The standard InChI is InChI=1S/C15H11N3O2/c19-14-11-8-4-5-9-12(11)17-18-13(14)15(20)16-10-6-2-1-3-7-10/h1-9H,(H,16,20)(H,17,19). The van der Waals surface area contributed by atoms with E-state index in [2.05, 4.69) is 15.5 Å². The fourth-order valence-electron chi connectivity index (χ4n) is 1.94. The summed E-state index contributed by atoms with van der Waals surface area (Å²) in [4.78, 5) is 24.3. The van der Waals surface area contributed by atoms with Crippen molar-refractivity contribution in [2.75, 3.05) is 5.32 Å². The van der Waals surface area contributed by atoms with E-state index in [4.69, 9.17) is 0 Å². The average molecular weight is 265 g/mol. The Hall–Kier alpha value is -2.95. The Kier molecular flexibility index (Phi) is 3.01. The lowest BCUT2D eigenvalue weighted by Gasteiger charge is -2.04. The molecule has 5 heteroatoms. The summed E-state index contributed by atoms with van der Waals surface area (Å²) in [5, 5.41) is 9.66. The molecule has 0 spiro atoms. The van der Waals surface area contributed by atoms with Crippen LogP contribution in [-0.4, -0.2) is 16.1 Å². The third kappa shape index (κ3) is 2.16. The second-order valence-corrected chi connectivity index (χ2v) is 4.27. The maximum atomic E-state index is 12.2. The van der Waals surface area contributed by atoms with Gasteiger partial charge < -0.3 is 5.32 Å². The first-order valence-electron chi connectivity index (χ1n) is 6.09. The van der Waals surface area contributed by atoms with Gasteiger partial charge in [-0.05, 0) is 24.3 Å². The molecule has 2 aromatic carbocycles. The Labute approximate surface area is 114 Å². The highest BCUT2D eigenvalue weighted by atomic mass is 16.2. The SMILES string of the molecule is O=C(Nc1ccccc1)c1n[nH]c2ccccc2c1=O. The van der Waals surface area contributed by atoms with Crippen molar-refractivity contribution in [2.24, 2.45) is 0 Å². The summed E-state index contributed by atoms with van der Waals surface area (Å²) in [6.45, 7) is 0. The smallest absolute Gasteiger partial charge is 0.280 e. The van der Waals surface area contributed by atoms with Crippen LogP contribution in [0.4, 0.5) is 5.69 Å². The van der Waals surface area contributed by atoms with Gasteiger partial charge in [-0.2, -0.15) is 5.10 Å². The molecule has 1 aromatic heterocycles. The molecule has 0 unspecified atom stereocenters. The summed E-state index contributed by atoms with van der Waals surface area (Å²) in [5.41, 5.74) is 0.695. The molecular formula is C15H11N3O2. The number of rotatable bonds is 2. The van der Waals surface area contributed by atoms with Gasteiger partial charge in [-0.25, -0.2) is 0 Å². The lowest BCUT2D eigenvalue weighted by molar-refractivity contribution is 0.102. The van der Waals surface area contributed by atoms with Gasteiger partial charge in [0.2, 0.25) is 5.43 Å². The molecule has 0 aliphatic heterocycles. The first-order valence-corrected chi connectivity index (χ1v) is 6.09. The minimum atomic E-state index is -0.525. The van der Waals surface area contributed by atoms with Crippen molar-refractivity contribution in [3.05, 3.63) is 70.5 Å². The lowest BCUT2D eigenvalue weighted by atomic mass is 10.2. The number of nitrogens with one attached hydrogen (secondary N) is 2.